The fraction of sp³-hybridized carbons (Fsp3) is 0.444. The molecule has 0 unspecified atom stereocenters. The van der Waals surface area contributed by atoms with Crippen LogP contribution in [-0.2, 0) is 6.42 Å². The molecular formula is C9H13N. The van der Waals surface area contributed by atoms with Gasteiger partial charge < -0.3 is 0 Å². The van der Waals surface area contributed by atoms with Gasteiger partial charge in [-0.2, -0.15) is 0 Å². The molecule has 0 bridgehead atoms. The van der Waals surface area contributed by atoms with E-state index < -0.39 is 0 Å². The molecule has 0 atom stereocenters. The lowest BCUT2D eigenvalue weighted by molar-refractivity contribution is 0.993. The van der Waals surface area contributed by atoms with E-state index in [9.17, 15) is 0 Å². The molecule has 0 radical (unpaired) electrons. The van der Waals surface area contributed by atoms with Crippen molar-refractivity contribution in [3.05, 3.63) is 29.1 Å². The van der Waals surface area contributed by atoms with Crippen LogP contribution in [0.2, 0.25) is 0 Å². The Hall–Kier alpha value is -0.850. The lowest BCUT2D eigenvalue weighted by Crippen LogP contribution is -1.91. The second-order valence-electron chi connectivity index (χ2n) is 2.56. The fourth-order valence-corrected chi connectivity index (χ4v) is 0.880. The molecule has 1 aromatic rings. The molecule has 0 N–H and O–H groups in total. The Morgan fingerprint density at radius 1 is 1.30 bits per heavy atom. The molecule has 0 saturated carbocycles. The van der Waals surface area contributed by atoms with E-state index >= 15 is 0 Å². The molecule has 0 amide bonds. The van der Waals surface area contributed by atoms with E-state index in [2.05, 4.69) is 37.9 Å². The molecule has 1 rings (SSSR count). The van der Waals surface area contributed by atoms with Crippen molar-refractivity contribution in [2.24, 2.45) is 0 Å². The molecule has 1 nitrogen and oxygen atoms in total. The van der Waals surface area contributed by atoms with Crippen LogP contribution < -0.4 is 0 Å². The van der Waals surface area contributed by atoms with Gasteiger partial charge in [-0.25, -0.2) is 0 Å². The van der Waals surface area contributed by atoms with Gasteiger partial charge in [0.25, 0.3) is 0 Å². The van der Waals surface area contributed by atoms with Crippen LogP contribution >= 0.6 is 0 Å². The van der Waals surface area contributed by atoms with Gasteiger partial charge in [0.15, 0.2) is 0 Å². The predicted molar refractivity (Wildman–Crippen MR) is 43.1 cm³/mol. The minimum absolute atomic E-state index is 1.03. The van der Waals surface area contributed by atoms with Gasteiger partial charge in [-0.1, -0.05) is 13.0 Å². The van der Waals surface area contributed by atoms with Crippen molar-refractivity contribution >= 4 is 0 Å². The van der Waals surface area contributed by atoms with E-state index in [0.29, 0.717) is 0 Å². The SMILES string of the molecule is CCc1ccc(C)c(C)n1. The summed E-state index contributed by atoms with van der Waals surface area (Å²) in [6.45, 7) is 6.26. The minimum atomic E-state index is 1.03. The molecular weight excluding hydrogens is 122 g/mol. The second-order valence-corrected chi connectivity index (χ2v) is 2.56. The number of pyridine rings is 1. The maximum absolute atomic E-state index is 4.39. The monoisotopic (exact) mass is 135 g/mol. The highest BCUT2D eigenvalue weighted by molar-refractivity contribution is 5.20. The van der Waals surface area contributed by atoms with Crippen molar-refractivity contribution in [3.8, 4) is 0 Å². The summed E-state index contributed by atoms with van der Waals surface area (Å²) in [5.41, 5.74) is 3.61. The molecule has 1 heteroatoms. The normalized spacial score (nSPS) is 9.90. The Bertz CT molecular complexity index is 228. The quantitative estimate of drug-likeness (QED) is 0.575. The number of hydrogen-bond acceptors (Lipinski definition) is 1. The Morgan fingerprint density at radius 2 is 2.00 bits per heavy atom. The molecule has 0 aromatic carbocycles. The number of aryl methyl sites for hydroxylation is 3. The molecule has 54 valence electrons. The first-order valence-corrected chi connectivity index (χ1v) is 3.67. The first kappa shape index (κ1) is 7.26. The number of hydrogen-bond donors (Lipinski definition) is 0. The molecule has 0 fully saturated rings. The van der Waals surface area contributed by atoms with Crippen LogP contribution in [0.3, 0.4) is 0 Å². The zero-order chi connectivity index (χ0) is 7.56. The van der Waals surface area contributed by atoms with Gasteiger partial charge in [-0.15, -0.1) is 0 Å². The van der Waals surface area contributed by atoms with Gasteiger partial charge in [0.1, 0.15) is 0 Å². The lowest BCUT2D eigenvalue weighted by atomic mass is 10.2. The summed E-state index contributed by atoms with van der Waals surface area (Å²) in [7, 11) is 0. The zero-order valence-corrected chi connectivity index (χ0v) is 6.81. The summed E-state index contributed by atoms with van der Waals surface area (Å²) < 4.78 is 0. The largest absolute Gasteiger partial charge is 0.258 e. The Morgan fingerprint density at radius 3 is 2.50 bits per heavy atom. The highest BCUT2D eigenvalue weighted by Crippen LogP contribution is 2.04. The third-order valence-corrected chi connectivity index (χ3v) is 1.77. The van der Waals surface area contributed by atoms with Crippen LogP contribution in [0.5, 0.6) is 0 Å². The highest BCUT2D eigenvalue weighted by atomic mass is 14.7. The molecule has 0 spiro atoms. The Labute approximate surface area is 62.1 Å². The van der Waals surface area contributed by atoms with E-state index in [1.807, 2.05) is 0 Å². The molecule has 1 heterocycles. The van der Waals surface area contributed by atoms with Crippen molar-refractivity contribution in [2.45, 2.75) is 27.2 Å². The van der Waals surface area contributed by atoms with Crippen LogP contribution in [0.25, 0.3) is 0 Å². The first-order chi connectivity index (χ1) is 4.74. The van der Waals surface area contributed by atoms with Gasteiger partial charge in [-0.05, 0) is 31.9 Å². The van der Waals surface area contributed by atoms with E-state index in [-0.39, 0.29) is 0 Å². The van der Waals surface area contributed by atoms with Crippen molar-refractivity contribution in [3.63, 3.8) is 0 Å². The molecule has 0 aliphatic rings. The number of nitrogens with zero attached hydrogens (tertiary/aromatic N) is 1. The average molecular weight is 135 g/mol. The van der Waals surface area contributed by atoms with Gasteiger partial charge in [0.2, 0.25) is 0 Å². The minimum Gasteiger partial charge on any atom is -0.258 e. The molecule has 0 aliphatic carbocycles. The van der Waals surface area contributed by atoms with Gasteiger partial charge in [0.05, 0.1) is 0 Å². The summed E-state index contributed by atoms with van der Waals surface area (Å²) in [5.74, 6) is 0. The van der Waals surface area contributed by atoms with Crippen LogP contribution in [0.1, 0.15) is 23.9 Å². The smallest absolute Gasteiger partial charge is 0.0405 e. The van der Waals surface area contributed by atoms with E-state index in [0.717, 1.165) is 12.1 Å². The predicted octanol–water partition coefficient (Wildman–Crippen LogP) is 2.26. The van der Waals surface area contributed by atoms with Crippen molar-refractivity contribution in [1.82, 2.24) is 4.98 Å². The van der Waals surface area contributed by atoms with E-state index in [4.69, 9.17) is 0 Å². The topological polar surface area (TPSA) is 12.9 Å². The Kier molecular flexibility index (Phi) is 2.05. The van der Waals surface area contributed by atoms with Crippen LogP contribution in [0.15, 0.2) is 12.1 Å². The number of aromatic nitrogens is 1. The lowest BCUT2D eigenvalue weighted by Gasteiger charge is -2.00. The van der Waals surface area contributed by atoms with Crippen molar-refractivity contribution in [2.75, 3.05) is 0 Å². The molecule has 0 saturated heterocycles. The summed E-state index contributed by atoms with van der Waals surface area (Å²) in [6, 6.07) is 4.21. The summed E-state index contributed by atoms with van der Waals surface area (Å²) >= 11 is 0. The second kappa shape index (κ2) is 2.82. The van der Waals surface area contributed by atoms with Crippen LogP contribution in [-0.4, -0.2) is 4.98 Å². The third kappa shape index (κ3) is 1.35. The van der Waals surface area contributed by atoms with Crippen molar-refractivity contribution < 1.29 is 0 Å². The average Bonchev–Trinajstić information content (AvgIpc) is 1.95. The highest BCUT2D eigenvalue weighted by Gasteiger charge is 1.93. The van der Waals surface area contributed by atoms with Gasteiger partial charge >= 0.3 is 0 Å². The summed E-state index contributed by atoms with van der Waals surface area (Å²) in [5, 5.41) is 0. The van der Waals surface area contributed by atoms with Gasteiger partial charge in [-0.3, -0.25) is 4.98 Å². The standard InChI is InChI=1S/C9H13N/c1-4-9-6-5-7(2)8(3)10-9/h5-6H,4H2,1-3H3. The van der Waals surface area contributed by atoms with Crippen molar-refractivity contribution in [1.29, 1.82) is 0 Å². The van der Waals surface area contributed by atoms with Crippen LogP contribution in [0.4, 0.5) is 0 Å². The Balaban J connectivity index is 3.04. The summed E-state index contributed by atoms with van der Waals surface area (Å²) in [6.07, 6.45) is 1.03. The summed E-state index contributed by atoms with van der Waals surface area (Å²) in [4.78, 5) is 4.39. The molecule has 10 heavy (non-hydrogen) atoms. The van der Waals surface area contributed by atoms with E-state index in [1.54, 1.807) is 0 Å². The molecule has 1 aromatic heterocycles. The zero-order valence-electron chi connectivity index (χ0n) is 6.81. The van der Waals surface area contributed by atoms with Gasteiger partial charge in [0, 0.05) is 11.4 Å². The first-order valence-electron chi connectivity index (χ1n) is 3.67. The van der Waals surface area contributed by atoms with E-state index in [1.165, 1.54) is 11.3 Å². The number of rotatable bonds is 1. The fourth-order valence-electron chi connectivity index (χ4n) is 0.880. The van der Waals surface area contributed by atoms with Crippen LogP contribution in [0, 0.1) is 13.8 Å². The maximum Gasteiger partial charge on any atom is 0.0405 e. The third-order valence-electron chi connectivity index (χ3n) is 1.77. The maximum atomic E-state index is 4.39. The molecule has 0 aliphatic heterocycles.